The van der Waals surface area contributed by atoms with E-state index in [1.165, 1.54) is 37.8 Å². The van der Waals surface area contributed by atoms with E-state index >= 15 is 0 Å². The van der Waals surface area contributed by atoms with E-state index in [9.17, 15) is 0 Å². The topological polar surface area (TPSA) is 0 Å². The van der Waals surface area contributed by atoms with Crippen LogP contribution in [0.3, 0.4) is 0 Å². The first-order chi connectivity index (χ1) is 7.96. The Morgan fingerprint density at radius 3 is 2.20 bits per heavy atom. The van der Waals surface area contributed by atoms with Crippen molar-refractivity contribution in [2.45, 2.75) is 64.7 Å². The third-order valence-electron chi connectivity index (χ3n) is 4.86. The van der Waals surface area contributed by atoms with Crippen molar-refractivity contribution in [2.75, 3.05) is 0 Å². The summed E-state index contributed by atoms with van der Waals surface area (Å²) in [4.78, 5) is 0. The molecule has 2 rings (SSSR count). The third-order valence-corrected chi connectivity index (χ3v) is 9.38. The molecule has 0 aliphatic heterocycles. The minimum atomic E-state index is -0.958. The maximum atomic E-state index is 2.57. The molecule has 1 atom stereocenters. The molecule has 20 heavy (non-hydrogen) atoms. The summed E-state index contributed by atoms with van der Waals surface area (Å²) in [6.45, 7) is 9.93. The Kier molecular flexibility index (Phi) is 11.1. The van der Waals surface area contributed by atoms with Gasteiger partial charge in [-0.2, -0.15) is 0 Å². The van der Waals surface area contributed by atoms with E-state index in [1.54, 1.807) is 15.0 Å². The van der Waals surface area contributed by atoms with Crippen molar-refractivity contribution in [3.63, 3.8) is 0 Å². The van der Waals surface area contributed by atoms with Crippen LogP contribution >= 0.6 is 0 Å². The van der Waals surface area contributed by atoms with Crippen LogP contribution in [-0.4, -0.2) is 8.07 Å². The number of hydrogen-bond donors (Lipinski definition) is 0. The van der Waals surface area contributed by atoms with Crippen LogP contribution in [0.25, 0.3) is 0 Å². The molecule has 0 aromatic heterocycles. The predicted molar refractivity (Wildman–Crippen MR) is 74.5 cm³/mol. The zero-order valence-corrected chi connectivity index (χ0v) is 17.8. The molecule has 2 aliphatic rings. The molecule has 1 unspecified atom stereocenters. The van der Waals surface area contributed by atoms with E-state index in [1.807, 2.05) is 5.57 Å². The van der Waals surface area contributed by atoms with Crippen molar-refractivity contribution in [3.05, 3.63) is 20.6 Å². The van der Waals surface area contributed by atoms with E-state index in [0.717, 1.165) is 5.92 Å². The van der Waals surface area contributed by atoms with E-state index in [0.29, 0.717) is 0 Å². The van der Waals surface area contributed by atoms with Gasteiger partial charge in [0, 0.05) is 0 Å². The first kappa shape index (κ1) is 23.5. The zero-order chi connectivity index (χ0) is 12.6. The minimum absolute atomic E-state index is 0. The first-order valence-corrected chi connectivity index (χ1v) is 11.3. The average Bonchev–Trinajstić information content (AvgIpc) is 2.55. The summed E-state index contributed by atoms with van der Waals surface area (Å²) < 4.78 is 1.66. The quantitative estimate of drug-likeness (QED) is 0.434. The summed E-state index contributed by atoms with van der Waals surface area (Å²) in [5.41, 5.74) is 5.32. The SMILES string of the molecule is CC[Si](C)(C)CC1C(C)=[C]([Ti+3])C2=C1CCCC2.[Cl-].[Cl-].[Cl-]. The Labute approximate surface area is 156 Å². The number of rotatable bonds is 3. The fraction of sp³-hybridized carbons (Fsp3) is 0.733. The van der Waals surface area contributed by atoms with Gasteiger partial charge in [-0.1, -0.05) is 0 Å². The molecule has 0 spiro atoms. The average molecular weight is 388 g/mol. The van der Waals surface area contributed by atoms with E-state index in [2.05, 4.69) is 47.4 Å². The first-order valence-electron chi connectivity index (χ1n) is 7.11. The Morgan fingerprint density at radius 1 is 1.10 bits per heavy atom. The van der Waals surface area contributed by atoms with Crippen LogP contribution < -0.4 is 37.2 Å². The fourth-order valence-corrected chi connectivity index (χ4v) is 5.91. The predicted octanol–water partition coefficient (Wildman–Crippen LogP) is -3.95. The van der Waals surface area contributed by atoms with Gasteiger partial charge in [0.1, 0.15) is 0 Å². The summed E-state index contributed by atoms with van der Waals surface area (Å²) >= 11 is 2.37. The van der Waals surface area contributed by atoms with Gasteiger partial charge in [-0.15, -0.1) is 0 Å². The second-order valence-corrected chi connectivity index (χ2v) is 12.8. The number of allylic oxidation sites excluding steroid dienone is 4. The second-order valence-electron chi connectivity index (χ2n) is 6.54. The third kappa shape index (κ3) is 4.90. The van der Waals surface area contributed by atoms with Crippen LogP contribution in [0, 0.1) is 5.92 Å². The summed E-state index contributed by atoms with van der Waals surface area (Å²) in [6.07, 6.45) is 5.61. The molecular formula is C15H25Cl3SiTi. The molecule has 0 heterocycles. The van der Waals surface area contributed by atoms with Crippen LogP contribution in [0.5, 0.6) is 0 Å². The molecule has 0 aromatic carbocycles. The Balaban J connectivity index is 0. The Morgan fingerprint density at radius 2 is 1.65 bits per heavy atom. The normalized spacial score (nSPS) is 21.8. The Bertz CT molecular complexity index is 389. The molecule has 114 valence electrons. The molecule has 0 N–H and O–H groups in total. The summed E-state index contributed by atoms with van der Waals surface area (Å²) in [5, 5.41) is 0. The van der Waals surface area contributed by atoms with E-state index < -0.39 is 8.07 Å². The smallest absolute Gasteiger partial charge is 1.00 e. The minimum Gasteiger partial charge on any atom is -1.00 e. The largest absolute Gasteiger partial charge is 1.00 e. The summed E-state index contributed by atoms with van der Waals surface area (Å²) in [6, 6.07) is 2.92. The summed E-state index contributed by atoms with van der Waals surface area (Å²) in [5.74, 6) is 0.840. The molecule has 0 saturated heterocycles. The van der Waals surface area contributed by atoms with Gasteiger partial charge in [0.05, 0.1) is 0 Å². The maximum Gasteiger partial charge on any atom is -1.00 e. The van der Waals surface area contributed by atoms with Crippen molar-refractivity contribution in [1.29, 1.82) is 0 Å². The van der Waals surface area contributed by atoms with Crippen molar-refractivity contribution in [3.8, 4) is 0 Å². The van der Waals surface area contributed by atoms with Gasteiger partial charge in [-0.25, -0.2) is 0 Å². The van der Waals surface area contributed by atoms with Gasteiger partial charge >= 0.3 is 120 Å². The van der Waals surface area contributed by atoms with Crippen LogP contribution in [0.15, 0.2) is 20.6 Å². The summed E-state index contributed by atoms with van der Waals surface area (Å²) in [7, 11) is -0.958. The van der Waals surface area contributed by atoms with Crippen LogP contribution in [-0.2, 0) is 20.4 Å². The molecule has 2 aliphatic carbocycles. The standard InChI is InChI=1S/C15H25Si.3ClH.Ti/c1-5-16(3,4)11-15-12(2)10-13-8-6-7-9-14(13)15;;;;/h15H,5-9,11H2,1-4H3;3*1H;/q;;;;+3/p-3. The van der Waals surface area contributed by atoms with Crippen molar-refractivity contribution in [1.82, 2.24) is 0 Å². The van der Waals surface area contributed by atoms with Gasteiger partial charge in [0.15, 0.2) is 0 Å². The molecule has 0 radical (unpaired) electrons. The van der Waals surface area contributed by atoms with Gasteiger partial charge in [0.25, 0.3) is 0 Å². The van der Waals surface area contributed by atoms with E-state index in [4.69, 9.17) is 0 Å². The monoisotopic (exact) mass is 386 g/mol. The van der Waals surface area contributed by atoms with Crippen LogP contribution in [0.1, 0.15) is 39.5 Å². The van der Waals surface area contributed by atoms with Gasteiger partial charge in [-0.3, -0.25) is 0 Å². The number of hydrogen-bond acceptors (Lipinski definition) is 0. The fourth-order valence-electron chi connectivity index (χ4n) is 3.25. The maximum absolute atomic E-state index is 2.57. The van der Waals surface area contributed by atoms with Gasteiger partial charge in [0.2, 0.25) is 0 Å². The molecular weight excluding hydrogens is 362 g/mol. The molecule has 0 aromatic rings. The molecule has 0 saturated carbocycles. The van der Waals surface area contributed by atoms with Crippen molar-refractivity contribution < 1.29 is 57.7 Å². The molecule has 0 amide bonds. The van der Waals surface area contributed by atoms with Gasteiger partial charge in [-0.05, 0) is 0 Å². The van der Waals surface area contributed by atoms with Crippen molar-refractivity contribution in [2.24, 2.45) is 5.92 Å². The van der Waals surface area contributed by atoms with Gasteiger partial charge < -0.3 is 37.2 Å². The van der Waals surface area contributed by atoms with E-state index in [-0.39, 0.29) is 37.2 Å². The van der Waals surface area contributed by atoms with Crippen LogP contribution in [0.4, 0.5) is 0 Å². The van der Waals surface area contributed by atoms with Crippen LogP contribution in [0.2, 0.25) is 25.2 Å². The molecule has 0 fully saturated rings. The zero-order valence-electron chi connectivity index (χ0n) is 13.0. The Hall–Kier alpha value is 1.28. The molecule has 0 bridgehead atoms. The van der Waals surface area contributed by atoms with Crippen molar-refractivity contribution >= 4 is 8.07 Å². The molecule has 0 nitrogen and oxygen atoms in total. The molecule has 5 heteroatoms. The number of halogens is 3. The second kappa shape index (κ2) is 9.43.